The SMILES string of the molecule is CCOC(=O)C1=C(CNCC(F)F)NC(c2nccs2)=NC1. The van der Waals surface area contributed by atoms with Crippen LogP contribution >= 0.6 is 11.3 Å². The summed E-state index contributed by atoms with van der Waals surface area (Å²) in [4.78, 5) is 20.3. The van der Waals surface area contributed by atoms with E-state index in [2.05, 4.69) is 20.6 Å². The fourth-order valence-electron chi connectivity index (χ4n) is 1.84. The molecule has 0 aromatic carbocycles. The third-order valence-electron chi connectivity index (χ3n) is 2.79. The molecule has 6 nitrogen and oxygen atoms in total. The van der Waals surface area contributed by atoms with Gasteiger partial charge in [0.05, 0.1) is 25.3 Å². The standard InChI is InChI=1S/C13H16F2N4O2S/c1-2-21-13(20)8-5-18-11(12-17-3-4-22-12)19-9(8)6-16-7-10(14)15/h3-4,10,16H,2,5-7H2,1H3,(H,18,19). The number of rotatable bonds is 7. The monoisotopic (exact) mass is 330 g/mol. The molecular weight excluding hydrogens is 314 g/mol. The number of nitrogens with zero attached hydrogens (tertiary/aromatic N) is 2. The van der Waals surface area contributed by atoms with Crippen LogP contribution in [0.2, 0.25) is 0 Å². The van der Waals surface area contributed by atoms with Gasteiger partial charge in [-0.2, -0.15) is 0 Å². The molecule has 120 valence electrons. The van der Waals surface area contributed by atoms with Crippen LogP contribution < -0.4 is 10.6 Å². The van der Waals surface area contributed by atoms with E-state index in [4.69, 9.17) is 4.74 Å². The molecule has 0 radical (unpaired) electrons. The molecular formula is C13H16F2N4O2S. The van der Waals surface area contributed by atoms with E-state index in [1.54, 1.807) is 18.5 Å². The highest BCUT2D eigenvalue weighted by Gasteiger charge is 2.23. The van der Waals surface area contributed by atoms with Crippen LogP contribution in [0, 0.1) is 0 Å². The summed E-state index contributed by atoms with van der Waals surface area (Å²) in [6.45, 7) is 1.72. The Morgan fingerprint density at radius 2 is 2.41 bits per heavy atom. The number of aromatic nitrogens is 1. The molecule has 0 amide bonds. The van der Waals surface area contributed by atoms with Crippen molar-refractivity contribution >= 4 is 23.1 Å². The number of nitrogens with one attached hydrogen (secondary N) is 2. The van der Waals surface area contributed by atoms with Crippen molar-refractivity contribution in [2.24, 2.45) is 4.99 Å². The minimum atomic E-state index is -2.46. The van der Waals surface area contributed by atoms with Gasteiger partial charge in [-0.25, -0.2) is 18.6 Å². The fourth-order valence-corrected chi connectivity index (χ4v) is 2.44. The molecule has 2 heterocycles. The van der Waals surface area contributed by atoms with Gasteiger partial charge < -0.3 is 15.4 Å². The summed E-state index contributed by atoms with van der Waals surface area (Å²) in [5, 5.41) is 8.07. The summed E-state index contributed by atoms with van der Waals surface area (Å²) in [6.07, 6.45) is -0.814. The first-order valence-corrected chi connectivity index (χ1v) is 7.59. The van der Waals surface area contributed by atoms with Gasteiger partial charge in [0.2, 0.25) is 0 Å². The highest BCUT2D eigenvalue weighted by molar-refractivity contribution is 7.11. The molecule has 0 atom stereocenters. The number of hydrogen-bond acceptors (Lipinski definition) is 7. The number of alkyl halides is 2. The minimum Gasteiger partial charge on any atom is -0.463 e. The summed E-state index contributed by atoms with van der Waals surface area (Å²) in [7, 11) is 0. The summed E-state index contributed by atoms with van der Waals surface area (Å²) in [6, 6.07) is 0. The Bertz CT molecular complexity index is 573. The summed E-state index contributed by atoms with van der Waals surface area (Å²) >= 11 is 1.40. The molecule has 0 unspecified atom stereocenters. The van der Waals surface area contributed by atoms with Gasteiger partial charge in [0.15, 0.2) is 10.8 Å². The average molecular weight is 330 g/mol. The lowest BCUT2D eigenvalue weighted by molar-refractivity contribution is -0.138. The number of carbonyl (C=O) groups is 1. The number of amidine groups is 1. The number of esters is 1. The summed E-state index contributed by atoms with van der Waals surface area (Å²) in [5.74, 6) is 0.0303. The van der Waals surface area contributed by atoms with Gasteiger partial charge in [0, 0.05) is 23.8 Å². The molecule has 1 aromatic heterocycles. The number of halogens is 2. The molecule has 22 heavy (non-hydrogen) atoms. The van der Waals surface area contributed by atoms with E-state index in [-0.39, 0.29) is 19.7 Å². The van der Waals surface area contributed by atoms with Gasteiger partial charge in [-0.15, -0.1) is 11.3 Å². The third-order valence-corrected chi connectivity index (χ3v) is 3.57. The Labute approximate surface area is 130 Å². The highest BCUT2D eigenvalue weighted by atomic mass is 32.1. The maximum Gasteiger partial charge on any atom is 0.337 e. The number of aliphatic imine (C=N–C) groups is 1. The Morgan fingerprint density at radius 3 is 3.05 bits per heavy atom. The predicted octanol–water partition coefficient (Wildman–Crippen LogP) is 1.16. The molecule has 0 bridgehead atoms. The maximum atomic E-state index is 12.2. The average Bonchev–Trinajstić information content (AvgIpc) is 3.01. The number of thiazole rings is 1. The molecule has 2 rings (SSSR count). The predicted molar refractivity (Wildman–Crippen MR) is 79.2 cm³/mol. The largest absolute Gasteiger partial charge is 0.463 e. The van der Waals surface area contributed by atoms with Crippen LogP contribution in [-0.2, 0) is 9.53 Å². The molecule has 1 aliphatic rings. The number of hydrogen-bond donors (Lipinski definition) is 2. The lowest BCUT2D eigenvalue weighted by Gasteiger charge is -2.21. The molecule has 0 saturated heterocycles. The molecule has 0 aliphatic carbocycles. The quantitative estimate of drug-likeness (QED) is 0.734. The normalized spacial score (nSPS) is 14.8. The second kappa shape index (κ2) is 7.95. The lowest BCUT2D eigenvalue weighted by atomic mass is 10.1. The van der Waals surface area contributed by atoms with Crippen molar-refractivity contribution in [3.8, 4) is 0 Å². The van der Waals surface area contributed by atoms with Crippen molar-refractivity contribution in [1.29, 1.82) is 0 Å². The Kier molecular flexibility index (Phi) is 5.96. The van der Waals surface area contributed by atoms with Crippen molar-refractivity contribution in [2.75, 3.05) is 26.2 Å². The van der Waals surface area contributed by atoms with Crippen LogP contribution in [0.4, 0.5) is 8.78 Å². The van der Waals surface area contributed by atoms with E-state index in [9.17, 15) is 13.6 Å². The molecule has 1 aliphatic heterocycles. The molecule has 9 heteroatoms. The first-order chi connectivity index (χ1) is 10.6. The first kappa shape index (κ1) is 16.5. The zero-order chi connectivity index (χ0) is 15.9. The highest BCUT2D eigenvalue weighted by Crippen LogP contribution is 2.14. The Hall–Kier alpha value is -1.87. The summed E-state index contributed by atoms with van der Waals surface area (Å²) in [5.41, 5.74) is 0.822. The zero-order valence-corrected chi connectivity index (χ0v) is 12.8. The molecule has 0 saturated carbocycles. The van der Waals surface area contributed by atoms with Crippen molar-refractivity contribution in [1.82, 2.24) is 15.6 Å². The van der Waals surface area contributed by atoms with E-state index in [0.717, 1.165) is 0 Å². The van der Waals surface area contributed by atoms with Gasteiger partial charge in [-0.3, -0.25) is 4.99 Å². The van der Waals surface area contributed by atoms with E-state index >= 15 is 0 Å². The fraction of sp³-hybridized carbons (Fsp3) is 0.462. The smallest absolute Gasteiger partial charge is 0.337 e. The zero-order valence-electron chi connectivity index (χ0n) is 11.9. The minimum absolute atomic E-state index is 0.100. The maximum absolute atomic E-state index is 12.2. The van der Waals surface area contributed by atoms with Gasteiger partial charge in [-0.1, -0.05) is 0 Å². The van der Waals surface area contributed by atoms with Crippen LogP contribution in [-0.4, -0.2) is 49.5 Å². The third kappa shape index (κ3) is 4.31. The van der Waals surface area contributed by atoms with Crippen molar-refractivity contribution in [3.63, 3.8) is 0 Å². The van der Waals surface area contributed by atoms with Crippen molar-refractivity contribution < 1.29 is 18.3 Å². The van der Waals surface area contributed by atoms with E-state index < -0.39 is 18.9 Å². The lowest BCUT2D eigenvalue weighted by Crippen LogP contribution is -2.38. The second-order valence-electron chi connectivity index (χ2n) is 4.33. The van der Waals surface area contributed by atoms with Gasteiger partial charge in [-0.05, 0) is 6.92 Å². The van der Waals surface area contributed by atoms with Crippen LogP contribution in [0.3, 0.4) is 0 Å². The molecule has 0 spiro atoms. The topological polar surface area (TPSA) is 75.6 Å². The first-order valence-electron chi connectivity index (χ1n) is 6.71. The molecule has 1 aromatic rings. The van der Waals surface area contributed by atoms with Crippen LogP contribution in [0.25, 0.3) is 0 Å². The molecule has 0 fully saturated rings. The Balaban J connectivity index is 2.11. The van der Waals surface area contributed by atoms with E-state index in [1.165, 1.54) is 11.3 Å². The van der Waals surface area contributed by atoms with Gasteiger partial charge in [0.1, 0.15) is 0 Å². The molecule has 2 N–H and O–H groups in total. The number of carbonyl (C=O) groups excluding carboxylic acids is 1. The van der Waals surface area contributed by atoms with Crippen LogP contribution in [0.1, 0.15) is 11.9 Å². The Morgan fingerprint density at radius 1 is 1.59 bits per heavy atom. The second-order valence-corrected chi connectivity index (χ2v) is 5.22. The summed E-state index contributed by atoms with van der Waals surface area (Å²) < 4.78 is 29.5. The van der Waals surface area contributed by atoms with Crippen LogP contribution in [0.5, 0.6) is 0 Å². The van der Waals surface area contributed by atoms with Gasteiger partial charge >= 0.3 is 5.97 Å². The van der Waals surface area contributed by atoms with E-state index in [1.807, 2.05) is 0 Å². The van der Waals surface area contributed by atoms with Gasteiger partial charge in [0.25, 0.3) is 6.43 Å². The van der Waals surface area contributed by atoms with Crippen molar-refractivity contribution in [2.45, 2.75) is 13.3 Å². The van der Waals surface area contributed by atoms with Crippen LogP contribution in [0.15, 0.2) is 27.8 Å². The number of ether oxygens (including phenoxy) is 1. The van der Waals surface area contributed by atoms with E-state index in [0.29, 0.717) is 22.1 Å². The van der Waals surface area contributed by atoms with Crippen molar-refractivity contribution in [3.05, 3.63) is 27.9 Å².